The number of halogens is 3. The zero-order valence-corrected chi connectivity index (χ0v) is 9.36. The number of nitrogens with one attached hydrogen (secondary N) is 2. The number of hydrogen-bond donors (Lipinski definition) is 2. The molecule has 92 valence electrons. The second kappa shape index (κ2) is 4.41. The topological polar surface area (TPSA) is 27.8 Å². The highest BCUT2D eigenvalue weighted by molar-refractivity contribution is 5.84. The van der Waals surface area contributed by atoms with Crippen LogP contribution in [0.4, 0.5) is 13.2 Å². The molecule has 5 heteroatoms. The van der Waals surface area contributed by atoms with Gasteiger partial charge < -0.3 is 10.3 Å². The maximum Gasteiger partial charge on any atom is 0.418 e. The van der Waals surface area contributed by atoms with E-state index in [1.54, 1.807) is 12.1 Å². The molecule has 0 aliphatic rings. The smallest absolute Gasteiger partial charge is 0.358 e. The molecule has 2 N–H and O–H groups in total. The van der Waals surface area contributed by atoms with Crippen LogP contribution in [-0.2, 0) is 12.6 Å². The number of benzene rings is 1. The average Bonchev–Trinajstić information content (AvgIpc) is 2.66. The van der Waals surface area contributed by atoms with Crippen molar-refractivity contribution in [2.24, 2.45) is 0 Å². The van der Waals surface area contributed by atoms with E-state index in [2.05, 4.69) is 10.3 Å². The molecule has 2 aromatic rings. The summed E-state index contributed by atoms with van der Waals surface area (Å²) >= 11 is 0. The summed E-state index contributed by atoms with van der Waals surface area (Å²) in [6.45, 7) is 0.730. The van der Waals surface area contributed by atoms with Gasteiger partial charge in [-0.25, -0.2) is 0 Å². The molecule has 0 aliphatic carbocycles. The summed E-state index contributed by atoms with van der Waals surface area (Å²) in [6.07, 6.45) is -3.63. The number of para-hydroxylation sites is 1. The Morgan fingerprint density at radius 1 is 1.29 bits per heavy atom. The molecule has 0 atom stereocenters. The molecule has 0 amide bonds. The third kappa shape index (κ3) is 2.44. The zero-order chi connectivity index (χ0) is 12.5. The minimum atomic E-state index is -4.31. The molecule has 2 rings (SSSR count). The third-order valence-electron chi connectivity index (χ3n) is 2.66. The van der Waals surface area contributed by atoms with Crippen LogP contribution < -0.4 is 5.32 Å². The Kier molecular flexibility index (Phi) is 3.11. The molecule has 1 heterocycles. The molecule has 1 aromatic heterocycles. The molecule has 0 saturated heterocycles. The number of likely N-dealkylation sites (N-methyl/N-ethyl adjacent to an activating group) is 1. The van der Waals surface area contributed by atoms with Crippen molar-refractivity contribution in [1.29, 1.82) is 0 Å². The average molecular weight is 242 g/mol. The molecule has 17 heavy (non-hydrogen) atoms. The Balaban J connectivity index is 2.46. The highest BCUT2D eigenvalue weighted by atomic mass is 19.4. The molecular weight excluding hydrogens is 229 g/mol. The fourth-order valence-corrected chi connectivity index (χ4v) is 1.84. The highest BCUT2D eigenvalue weighted by Gasteiger charge is 2.32. The zero-order valence-electron chi connectivity index (χ0n) is 9.36. The predicted molar refractivity (Wildman–Crippen MR) is 60.9 cm³/mol. The predicted octanol–water partition coefficient (Wildman–Crippen LogP) is 2.95. The van der Waals surface area contributed by atoms with Crippen molar-refractivity contribution in [3.8, 4) is 0 Å². The molecular formula is C12H13F3N2. The van der Waals surface area contributed by atoms with Crippen LogP contribution in [0.1, 0.15) is 11.3 Å². The van der Waals surface area contributed by atoms with Crippen molar-refractivity contribution in [2.75, 3.05) is 13.6 Å². The SMILES string of the molecule is CNCCc1cc2cccc(C(F)(F)F)c2[nH]1. The Bertz CT molecular complexity index is 514. The van der Waals surface area contributed by atoms with Crippen molar-refractivity contribution >= 4 is 10.9 Å². The van der Waals surface area contributed by atoms with Crippen molar-refractivity contribution < 1.29 is 13.2 Å². The molecule has 0 spiro atoms. The summed E-state index contributed by atoms with van der Waals surface area (Å²) in [5.41, 5.74) is 0.378. The van der Waals surface area contributed by atoms with Crippen LogP contribution in [0.3, 0.4) is 0 Å². The normalized spacial score (nSPS) is 12.2. The van der Waals surface area contributed by atoms with Crippen LogP contribution in [0.2, 0.25) is 0 Å². The first kappa shape index (κ1) is 12.0. The van der Waals surface area contributed by atoms with Crippen molar-refractivity contribution in [1.82, 2.24) is 10.3 Å². The van der Waals surface area contributed by atoms with E-state index in [1.807, 2.05) is 7.05 Å². The van der Waals surface area contributed by atoms with Crippen molar-refractivity contribution in [2.45, 2.75) is 12.6 Å². The van der Waals surface area contributed by atoms with Gasteiger partial charge in [0, 0.05) is 17.6 Å². The number of aromatic nitrogens is 1. The van der Waals surface area contributed by atoms with Gasteiger partial charge in [-0.05, 0) is 25.6 Å². The maximum absolute atomic E-state index is 12.7. The standard InChI is InChI=1S/C12H13F3N2/c1-16-6-5-9-7-8-3-2-4-10(11(8)17-9)12(13,14)15/h2-4,7,16-17H,5-6H2,1H3. The molecule has 2 nitrogen and oxygen atoms in total. The lowest BCUT2D eigenvalue weighted by Gasteiger charge is -2.07. The first-order valence-electron chi connectivity index (χ1n) is 5.35. The molecule has 1 aromatic carbocycles. The Morgan fingerprint density at radius 3 is 2.71 bits per heavy atom. The van der Waals surface area contributed by atoms with E-state index >= 15 is 0 Å². The van der Waals surface area contributed by atoms with Gasteiger partial charge in [0.15, 0.2) is 0 Å². The minimum Gasteiger partial charge on any atom is -0.358 e. The van der Waals surface area contributed by atoms with Crippen LogP contribution >= 0.6 is 0 Å². The van der Waals surface area contributed by atoms with E-state index in [4.69, 9.17) is 0 Å². The molecule has 0 radical (unpaired) electrons. The third-order valence-corrected chi connectivity index (χ3v) is 2.66. The van der Waals surface area contributed by atoms with Crippen LogP contribution in [-0.4, -0.2) is 18.6 Å². The number of H-pyrrole nitrogens is 1. The summed E-state index contributed by atoms with van der Waals surface area (Å²) < 4.78 is 38.2. The van der Waals surface area contributed by atoms with Gasteiger partial charge in [0.25, 0.3) is 0 Å². The van der Waals surface area contributed by atoms with E-state index < -0.39 is 11.7 Å². The molecule has 0 fully saturated rings. The van der Waals surface area contributed by atoms with E-state index in [0.29, 0.717) is 11.8 Å². The van der Waals surface area contributed by atoms with Crippen LogP contribution in [0.5, 0.6) is 0 Å². The number of rotatable bonds is 3. The van der Waals surface area contributed by atoms with E-state index in [-0.39, 0.29) is 5.52 Å². The second-order valence-corrected chi connectivity index (χ2v) is 3.92. The summed E-state index contributed by atoms with van der Waals surface area (Å²) in [6, 6.07) is 5.98. The lowest BCUT2D eigenvalue weighted by molar-refractivity contribution is -0.136. The maximum atomic E-state index is 12.7. The summed E-state index contributed by atoms with van der Waals surface area (Å²) in [7, 11) is 1.81. The highest BCUT2D eigenvalue weighted by Crippen LogP contribution is 2.34. The van der Waals surface area contributed by atoms with Gasteiger partial charge in [0.2, 0.25) is 0 Å². The van der Waals surface area contributed by atoms with Crippen molar-refractivity contribution in [3.05, 3.63) is 35.5 Å². The largest absolute Gasteiger partial charge is 0.418 e. The summed E-state index contributed by atoms with van der Waals surface area (Å²) in [5, 5.41) is 3.57. The van der Waals surface area contributed by atoms with Gasteiger partial charge >= 0.3 is 6.18 Å². The van der Waals surface area contributed by atoms with Gasteiger partial charge in [-0.2, -0.15) is 13.2 Å². The lowest BCUT2D eigenvalue weighted by atomic mass is 10.1. The first-order valence-corrected chi connectivity index (χ1v) is 5.35. The summed E-state index contributed by atoms with van der Waals surface area (Å²) in [5.74, 6) is 0. The number of fused-ring (bicyclic) bond motifs is 1. The molecule has 0 aliphatic heterocycles. The Morgan fingerprint density at radius 2 is 2.06 bits per heavy atom. The molecule has 0 unspecified atom stereocenters. The number of alkyl halides is 3. The quantitative estimate of drug-likeness (QED) is 0.850. The van der Waals surface area contributed by atoms with Crippen molar-refractivity contribution in [3.63, 3.8) is 0 Å². The van der Waals surface area contributed by atoms with Gasteiger partial charge in [-0.3, -0.25) is 0 Å². The monoisotopic (exact) mass is 242 g/mol. The van der Waals surface area contributed by atoms with Crippen LogP contribution in [0, 0.1) is 0 Å². The van der Waals surface area contributed by atoms with Crippen LogP contribution in [0.15, 0.2) is 24.3 Å². The minimum absolute atomic E-state index is 0.172. The Labute approximate surface area is 96.8 Å². The number of aromatic amines is 1. The second-order valence-electron chi connectivity index (χ2n) is 3.92. The summed E-state index contributed by atoms with van der Waals surface area (Å²) in [4.78, 5) is 2.85. The Hall–Kier alpha value is -1.49. The fraction of sp³-hybridized carbons (Fsp3) is 0.333. The van der Waals surface area contributed by atoms with Crippen LogP contribution in [0.25, 0.3) is 10.9 Å². The number of hydrogen-bond acceptors (Lipinski definition) is 1. The lowest BCUT2D eigenvalue weighted by Crippen LogP contribution is -2.10. The van der Waals surface area contributed by atoms with E-state index in [0.717, 1.165) is 18.3 Å². The first-order chi connectivity index (χ1) is 8.02. The van der Waals surface area contributed by atoms with Gasteiger partial charge in [0.1, 0.15) is 0 Å². The van der Waals surface area contributed by atoms with Gasteiger partial charge in [0.05, 0.1) is 11.1 Å². The molecule has 0 bridgehead atoms. The van der Waals surface area contributed by atoms with E-state index in [9.17, 15) is 13.2 Å². The fourth-order valence-electron chi connectivity index (χ4n) is 1.84. The molecule has 0 saturated carbocycles. The van der Waals surface area contributed by atoms with E-state index in [1.165, 1.54) is 6.07 Å². The van der Waals surface area contributed by atoms with Gasteiger partial charge in [-0.1, -0.05) is 12.1 Å². The van der Waals surface area contributed by atoms with Gasteiger partial charge in [-0.15, -0.1) is 0 Å².